The van der Waals surface area contributed by atoms with Crippen molar-refractivity contribution >= 4 is 22.5 Å². The van der Waals surface area contributed by atoms with E-state index in [1.165, 1.54) is 0 Å². The molecule has 0 amide bonds. The monoisotopic (exact) mass is 418 g/mol. The fourth-order valence-electron chi connectivity index (χ4n) is 3.87. The SMILES string of the molecule is CCc1cc(C2CN(CCC(F)(F)F)C2)ncc1N(C)c1cc2c(cn1)ncn2C. The van der Waals surface area contributed by atoms with Crippen LogP contribution in [0.4, 0.5) is 24.7 Å². The Morgan fingerprint density at radius 3 is 2.60 bits per heavy atom. The molecule has 3 aromatic rings. The highest BCUT2D eigenvalue weighted by Gasteiger charge is 2.34. The lowest BCUT2D eigenvalue weighted by Crippen LogP contribution is -2.46. The van der Waals surface area contributed by atoms with E-state index in [0.29, 0.717) is 13.1 Å². The van der Waals surface area contributed by atoms with Gasteiger partial charge in [-0.3, -0.25) is 4.98 Å². The van der Waals surface area contributed by atoms with Crippen LogP contribution in [0.1, 0.15) is 30.5 Å². The van der Waals surface area contributed by atoms with Gasteiger partial charge in [0.15, 0.2) is 0 Å². The van der Waals surface area contributed by atoms with Crippen LogP contribution in [0, 0.1) is 0 Å². The van der Waals surface area contributed by atoms with Crippen molar-refractivity contribution in [3.8, 4) is 0 Å². The number of fused-ring (bicyclic) bond motifs is 1. The number of likely N-dealkylation sites (tertiary alicyclic amines) is 1. The molecule has 4 rings (SSSR count). The molecule has 0 spiro atoms. The third-order valence-electron chi connectivity index (χ3n) is 5.76. The molecule has 3 aromatic heterocycles. The molecule has 0 radical (unpaired) electrons. The Kier molecular flexibility index (Phi) is 5.40. The summed E-state index contributed by atoms with van der Waals surface area (Å²) in [6.07, 6.45) is 1.34. The Morgan fingerprint density at radius 2 is 1.90 bits per heavy atom. The van der Waals surface area contributed by atoms with Gasteiger partial charge in [-0.25, -0.2) is 9.97 Å². The Balaban J connectivity index is 1.49. The molecular formula is C21H25F3N6. The Morgan fingerprint density at radius 1 is 1.13 bits per heavy atom. The molecule has 1 saturated heterocycles. The molecule has 30 heavy (non-hydrogen) atoms. The molecule has 0 aliphatic carbocycles. The van der Waals surface area contributed by atoms with Gasteiger partial charge in [0.05, 0.1) is 36.3 Å². The summed E-state index contributed by atoms with van der Waals surface area (Å²) in [6.45, 7) is 3.40. The molecule has 6 nitrogen and oxygen atoms in total. The molecule has 1 fully saturated rings. The zero-order chi connectivity index (χ0) is 21.5. The minimum Gasteiger partial charge on any atom is -0.334 e. The van der Waals surface area contributed by atoms with Crippen molar-refractivity contribution in [3.63, 3.8) is 0 Å². The zero-order valence-corrected chi connectivity index (χ0v) is 17.3. The molecule has 9 heteroatoms. The molecule has 1 aliphatic heterocycles. The maximum absolute atomic E-state index is 12.4. The second-order valence-electron chi connectivity index (χ2n) is 7.86. The molecule has 4 heterocycles. The number of alkyl halides is 3. The van der Waals surface area contributed by atoms with Crippen molar-refractivity contribution < 1.29 is 13.2 Å². The number of nitrogens with zero attached hydrogens (tertiary/aromatic N) is 6. The minimum atomic E-state index is -4.10. The molecule has 0 saturated carbocycles. The van der Waals surface area contributed by atoms with Gasteiger partial charge in [-0.2, -0.15) is 13.2 Å². The highest BCUT2D eigenvalue weighted by atomic mass is 19.4. The summed E-state index contributed by atoms with van der Waals surface area (Å²) in [4.78, 5) is 17.3. The summed E-state index contributed by atoms with van der Waals surface area (Å²) in [5, 5.41) is 0. The van der Waals surface area contributed by atoms with E-state index in [4.69, 9.17) is 0 Å². The summed E-state index contributed by atoms with van der Waals surface area (Å²) in [5.74, 6) is 0.990. The molecule has 1 aliphatic rings. The average Bonchev–Trinajstić information content (AvgIpc) is 3.05. The predicted octanol–water partition coefficient (Wildman–Crippen LogP) is 4.05. The van der Waals surface area contributed by atoms with Gasteiger partial charge >= 0.3 is 6.18 Å². The summed E-state index contributed by atoms with van der Waals surface area (Å²) < 4.78 is 39.1. The topological polar surface area (TPSA) is 50.1 Å². The fraction of sp³-hybridized carbons (Fsp3) is 0.476. The van der Waals surface area contributed by atoms with Crippen LogP contribution >= 0.6 is 0 Å². The van der Waals surface area contributed by atoms with Crippen molar-refractivity contribution in [2.45, 2.75) is 31.9 Å². The van der Waals surface area contributed by atoms with Crippen molar-refractivity contribution in [3.05, 3.63) is 42.1 Å². The van der Waals surface area contributed by atoms with Gasteiger partial charge in [0.2, 0.25) is 0 Å². The highest BCUT2D eigenvalue weighted by Crippen LogP contribution is 2.32. The number of anilines is 2. The number of aromatic nitrogens is 4. The van der Waals surface area contributed by atoms with Gasteiger partial charge in [0.1, 0.15) is 11.3 Å². The van der Waals surface area contributed by atoms with E-state index in [-0.39, 0.29) is 12.5 Å². The van der Waals surface area contributed by atoms with Crippen LogP contribution in [-0.2, 0) is 13.5 Å². The van der Waals surface area contributed by atoms with E-state index in [1.807, 2.05) is 40.7 Å². The predicted molar refractivity (Wildman–Crippen MR) is 110 cm³/mol. The first-order chi connectivity index (χ1) is 14.2. The smallest absolute Gasteiger partial charge is 0.334 e. The Hall–Kier alpha value is -2.68. The van der Waals surface area contributed by atoms with Gasteiger partial charge < -0.3 is 14.4 Å². The van der Waals surface area contributed by atoms with E-state index in [0.717, 1.165) is 40.2 Å². The zero-order valence-electron chi connectivity index (χ0n) is 17.3. The van der Waals surface area contributed by atoms with Crippen LogP contribution in [0.5, 0.6) is 0 Å². The number of hydrogen-bond acceptors (Lipinski definition) is 5. The second-order valence-corrected chi connectivity index (χ2v) is 7.86. The summed E-state index contributed by atoms with van der Waals surface area (Å²) in [6, 6.07) is 4.08. The molecule has 0 bridgehead atoms. The lowest BCUT2D eigenvalue weighted by molar-refractivity contribution is -0.140. The molecule has 160 valence electrons. The Labute approximate surface area is 173 Å². The van der Waals surface area contributed by atoms with Crippen LogP contribution in [-0.4, -0.2) is 57.3 Å². The number of pyridine rings is 2. The van der Waals surface area contributed by atoms with Gasteiger partial charge in [-0.05, 0) is 18.1 Å². The minimum absolute atomic E-state index is 0.0591. The maximum atomic E-state index is 12.4. The standard InChI is InChI=1S/C21H25F3N6/c1-4-14-7-16(15-11-30(12-15)6-5-21(22,23)24)25-10-19(14)29(3)20-8-18-17(9-26-20)27-13-28(18)2/h7-10,13,15H,4-6,11-12H2,1-3H3. The molecule has 0 atom stereocenters. The van der Waals surface area contributed by atoms with Crippen molar-refractivity contribution in [2.24, 2.45) is 7.05 Å². The molecular weight excluding hydrogens is 393 g/mol. The number of rotatable bonds is 6. The number of hydrogen-bond donors (Lipinski definition) is 0. The summed E-state index contributed by atoms with van der Waals surface area (Å²) >= 11 is 0. The van der Waals surface area contributed by atoms with Crippen molar-refractivity contribution in [2.75, 3.05) is 31.6 Å². The molecule has 0 N–H and O–H groups in total. The van der Waals surface area contributed by atoms with Crippen LogP contribution < -0.4 is 4.90 Å². The first kappa shape index (κ1) is 20.6. The van der Waals surface area contributed by atoms with E-state index in [2.05, 4.69) is 27.9 Å². The van der Waals surface area contributed by atoms with Crippen LogP contribution in [0.15, 0.2) is 30.9 Å². The lowest BCUT2D eigenvalue weighted by atomic mass is 9.94. The fourth-order valence-corrected chi connectivity index (χ4v) is 3.87. The van der Waals surface area contributed by atoms with Gasteiger partial charge in [-0.1, -0.05) is 6.92 Å². The summed E-state index contributed by atoms with van der Waals surface area (Å²) in [7, 11) is 3.91. The lowest BCUT2D eigenvalue weighted by Gasteiger charge is -2.39. The van der Waals surface area contributed by atoms with Gasteiger partial charge in [0.25, 0.3) is 0 Å². The third-order valence-corrected chi connectivity index (χ3v) is 5.76. The maximum Gasteiger partial charge on any atom is 0.390 e. The van der Waals surface area contributed by atoms with Crippen LogP contribution in [0.3, 0.4) is 0 Å². The quantitative estimate of drug-likeness (QED) is 0.605. The van der Waals surface area contributed by atoms with E-state index in [9.17, 15) is 13.2 Å². The number of halogens is 3. The number of imidazole rings is 1. The average molecular weight is 418 g/mol. The first-order valence-electron chi connectivity index (χ1n) is 10.0. The molecule has 0 unspecified atom stereocenters. The van der Waals surface area contributed by atoms with E-state index < -0.39 is 12.6 Å². The second kappa shape index (κ2) is 7.86. The first-order valence-corrected chi connectivity index (χ1v) is 10.0. The van der Waals surface area contributed by atoms with Crippen LogP contribution in [0.25, 0.3) is 11.0 Å². The largest absolute Gasteiger partial charge is 0.390 e. The molecule has 0 aromatic carbocycles. The Bertz CT molecular complexity index is 1040. The van der Waals surface area contributed by atoms with Crippen molar-refractivity contribution in [1.29, 1.82) is 0 Å². The normalized spacial score (nSPS) is 15.5. The number of aryl methyl sites for hydroxylation is 2. The van der Waals surface area contributed by atoms with Gasteiger partial charge in [0, 0.05) is 51.4 Å². The summed E-state index contributed by atoms with van der Waals surface area (Å²) in [5.41, 5.74) is 4.91. The van der Waals surface area contributed by atoms with Gasteiger partial charge in [-0.15, -0.1) is 0 Å². The van der Waals surface area contributed by atoms with E-state index >= 15 is 0 Å². The van der Waals surface area contributed by atoms with Crippen molar-refractivity contribution in [1.82, 2.24) is 24.4 Å². The third kappa shape index (κ3) is 4.12. The van der Waals surface area contributed by atoms with Crippen LogP contribution in [0.2, 0.25) is 0 Å². The van der Waals surface area contributed by atoms with E-state index in [1.54, 1.807) is 12.5 Å². The highest BCUT2D eigenvalue weighted by molar-refractivity contribution is 5.79.